The van der Waals surface area contributed by atoms with E-state index in [4.69, 9.17) is 0 Å². The average molecular weight is 265 g/mol. The Morgan fingerprint density at radius 2 is 2.23 bits per heavy atom. The number of nitrogens with one attached hydrogen (secondary N) is 1. The highest BCUT2D eigenvalue weighted by Gasteiger charge is 2.06. The van der Waals surface area contributed by atoms with Gasteiger partial charge in [0.2, 0.25) is 10.0 Å². The van der Waals surface area contributed by atoms with Gasteiger partial charge in [-0.3, -0.25) is 9.71 Å². The van der Waals surface area contributed by atoms with Gasteiger partial charge in [0.05, 0.1) is 17.6 Å². The van der Waals surface area contributed by atoms with E-state index in [9.17, 15) is 8.42 Å². The van der Waals surface area contributed by atoms with Crippen LogP contribution in [0.5, 0.6) is 0 Å². The lowest BCUT2D eigenvalue weighted by atomic mass is 10.4. The SMILES string of the molecule is CCS(=O)(=O)Nc1cncc(Br)c1. The molecule has 1 heterocycles. The maximum absolute atomic E-state index is 11.1. The summed E-state index contributed by atoms with van der Waals surface area (Å²) in [6.45, 7) is 1.58. The zero-order valence-corrected chi connectivity index (χ0v) is 9.39. The molecule has 0 aromatic carbocycles. The van der Waals surface area contributed by atoms with Crippen molar-refractivity contribution in [3.05, 3.63) is 22.9 Å². The Hall–Kier alpha value is -0.620. The van der Waals surface area contributed by atoms with Gasteiger partial charge in [-0.25, -0.2) is 8.42 Å². The van der Waals surface area contributed by atoms with Crippen LogP contribution in [0.15, 0.2) is 22.9 Å². The summed E-state index contributed by atoms with van der Waals surface area (Å²) in [5.41, 5.74) is 0.469. The highest BCUT2D eigenvalue weighted by molar-refractivity contribution is 9.10. The molecule has 1 N–H and O–H groups in total. The molecule has 1 rings (SSSR count). The van der Waals surface area contributed by atoms with E-state index in [1.54, 1.807) is 19.2 Å². The summed E-state index contributed by atoms with van der Waals surface area (Å²) >= 11 is 3.19. The fourth-order valence-electron chi connectivity index (χ4n) is 0.719. The smallest absolute Gasteiger partial charge is 0.232 e. The van der Waals surface area contributed by atoms with E-state index in [1.165, 1.54) is 6.20 Å². The number of rotatable bonds is 3. The Labute approximate surface area is 85.6 Å². The predicted molar refractivity (Wildman–Crippen MR) is 55.0 cm³/mol. The minimum atomic E-state index is -3.20. The molecule has 0 aliphatic carbocycles. The molecule has 0 radical (unpaired) electrons. The molecular weight excluding hydrogens is 256 g/mol. The molecule has 1 aromatic heterocycles. The van der Waals surface area contributed by atoms with Crippen LogP contribution in [0.2, 0.25) is 0 Å². The van der Waals surface area contributed by atoms with Crippen molar-refractivity contribution in [2.45, 2.75) is 6.92 Å². The second-order valence-corrected chi connectivity index (χ2v) is 5.32. The number of halogens is 1. The molecule has 0 aliphatic heterocycles. The van der Waals surface area contributed by atoms with Crippen molar-refractivity contribution < 1.29 is 8.42 Å². The number of hydrogen-bond donors (Lipinski definition) is 1. The molecule has 6 heteroatoms. The average Bonchev–Trinajstić information content (AvgIpc) is 2.03. The lowest BCUT2D eigenvalue weighted by molar-refractivity contribution is 0.602. The predicted octanol–water partition coefficient (Wildman–Crippen LogP) is 1.61. The molecule has 0 fully saturated rings. The Bertz CT molecular complexity index is 391. The molecule has 0 atom stereocenters. The topological polar surface area (TPSA) is 59.1 Å². The number of sulfonamides is 1. The van der Waals surface area contributed by atoms with Gasteiger partial charge in [0.1, 0.15) is 0 Å². The van der Waals surface area contributed by atoms with Gasteiger partial charge in [-0.15, -0.1) is 0 Å². The standard InChI is InChI=1S/C7H9BrN2O2S/c1-2-13(11,12)10-7-3-6(8)4-9-5-7/h3-5,10H,2H2,1H3. The second kappa shape index (κ2) is 4.06. The molecule has 13 heavy (non-hydrogen) atoms. The molecule has 0 spiro atoms. The van der Waals surface area contributed by atoms with E-state index >= 15 is 0 Å². The van der Waals surface area contributed by atoms with Gasteiger partial charge in [0, 0.05) is 10.7 Å². The fourth-order valence-corrected chi connectivity index (χ4v) is 1.70. The summed E-state index contributed by atoms with van der Waals surface area (Å²) in [4.78, 5) is 3.83. The van der Waals surface area contributed by atoms with Crippen LogP contribution in [0.4, 0.5) is 5.69 Å². The summed E-state index contributed by atoms with van der Waals surface area (Å²) in [5.74, 6) is 0.0551. The third-order valence-electron chi connectivity index (χ3n) is 1.36. The van der Waals surface area contributed by atoms with E-state index in [2.05, 4.69) is 25.6 Å². The van der Waals surface area contributed by atoms with Crippen molar-refractivity contribution >= 4 is 31.6 Å². The zero-order chi connectivity index (χ0) is 9.90. The molecule has 0 aliphatic rings. The Morgan fingerprint density at radius 1 is 1.54 bits per heavy atom. The maximum Gasteiger partial charge on any atom is 0.232 e. The van der Waals surface area contributed by atoms with Crippen LogP contribution in [0.25, 0.3) is 0 Å². The monoisotopic (exact) mass is 264 g/mol. The van der Waals surface area contributed by atoms with E-state index in [-0.39, 0.29) is 5.75 Å². The second-order valence-electron chi connectivity index (χ2n) is 2.40. The molecule has 0 amide bonds. The third-order valence-corrected chi connectivity index (χ3v) is 3.10. The normalized spacial score (nSPS) is 11.2. The van der Waals surface area contributed by atoms with Crippen molar-refractivity contribution in [2.24, 2.45) is 0 Å². The number of anilines is 1. The van der Waals surface area contributed by atoms with Crippen molar-refractivity contribution in [3.63, 3.8) is 0 Å². The zero-order valence-electron chi connectivity index (χ0n) is 6.99. The van der Waals surface area contributed by atoms with Crippen molar-refractivity contribution in [1.82, 2.24) is 4.98 Å². The highest BCUT2D eigenvalue weighted by Crippen LogP contribution is 2.14. The summed E-state index contributed by atoms with van der Waals surface area (Å²) < 4.78 is 25.4. The maximum atomic E-state index is 11.1. The van der Waals surface area contributed by atoms with E-state index in [1.807, 2.05) is 0 Å². The lowest BCUT2D eigenvalue weighted by Crippen LogP contribution is -2.14. The van der Waals surface area contributed by atoms with Crippen molar-refractivity contribution in [2.75, 3.05) is 10.5 Å². The molecule has 0 saturated heterocycles. The Morgan fingerprint density at radius 3 is 2.77 bits per heavy atom. The van der Waals surface area contributed by atoms with Gasteiger partial charge < -0.3 is 0 Å². The van der Waals surface area contributed by atoms with Crippen LogP contribution in [0, 0.1) is 0 Å². The molecule has 0 unspecified atom stereocenters. The van der Waals surface area contributed by atoms with E-state index in [0.717, 1.165) is 4.47 Å². The van der Waals surface area contributed by atoms with Gasteiger partial charge >= 0.3 is 0 Å². The van der Waals surface area contributed by atoms with E-state index in [0.29, 0.717) is 5.69 Å². The molecular formula is C7H9BrN2O2S. The van der Waals surface area contributed by atoms with Gasteiger partial charge in [0.25, 0.3) is 0 Å². The Kier molecular flexibility index (Phi) is 3.27. The molecule has 4 nitrogen and oxygen atoms in total. The quantitative estimate of drug-likeness (QED) is 0.903. The van der Waals surface area contributed by atoms with Gasteiger partial charge in [0.15, 0.2) is 0 Å². The number of hydrogen-bond acceptors (Lipinski definition) is 3. The van der Waals surface area contributed by atoms with Crippen LogP contribution in [0.3, 0.4) is 0 Å². The highest BCUT2D eigenvalue weighted by atomic mass is 79.9. The summed E-state index contributed by atoms with van der Waals surface area (Å²) in [6.07, 6.45) is 3.04. The number of nitrogens with zero attached hydrogens (tertiary/aromatic N) is 1. The Balaban J connectivity index is 2.87. The fraction of sp³-hybridized carbons (Fsp3) is 0.286. The molecule has 1 aromatic rings. The third kappa shape index (κ3) is 3.31. The molecule has 72 valence electrons. The first-order valence-corrected chi connectivity index (χ1v) is 6.09. The van der Waals surface area contributed by atoms with Crippen LogP contribution in [-0.2, 0) is 10.0 Å². The minimum absolute atomic E-state index is 0.0551. The molecule has 0 saturated carbocycles. The largest absolute Gasteiger partial charge is 0.282 e. The number of aromatic nitrogens is 1. The van der Waals surface area contributed by atoms with Crippen molar-refractivity contribution in [3.8, 4) is 0 Å². The first-order chi connectivity index (χ1) is 6.03. The summed E-state index contributed by atoms with van der Waals surface area (Å²) in [6, 6.07) is 1.65. The van der Waals surface area contributed by atoms with Crippen LogP contribution in [0.1, 0.15) is 6.92 Å². The van der Waals surface area contributed by atoms with Crippen LogP contribution < -0.4 is 4.72 Å². The van der Waals surface area contributed by atoms with Gasteiger partial charge in [-0.1, -0.05) is 0 Å². The first kappa shape index (κ1) is 10.5. The van der Waals surface area contributed by atoms with Gasteiger partial charge in [-0.05, 0) is 28.9 Å². The van der Waals surface area contributed by atoms with Crippen LogP contribution >= 0.6 is 15.9 Å². The molecule has 0 bridgehead atoms. The van der Waals surface area contributed by atoms with Gasteiger partial charge in [-0.2, -0.15) is 0 Å². The van der Waals surface area contributed by atoms with Crippen LogP contribution in [-0.4, -0.2) is 19.2 Å². The summed E-state index contributed by atoms with van der Waals surface area (Å²) in [7, 11) is -3.20. The lowest BCUT2D eigenvalue weighted by Gasteiger charge is -2.04. The number of pyridine rings is 1. The van der Waals surface area contributed by atoms with E-state index < -0.39 is 10.0 Å². The van der Waals surface area contributed by atoms with Crippen molar-refractivity contribution in [1.29, 1.82) is 0 Å². The minimum Gasteiger partial charge on any atom is -0.282 e. The summed E-state index contributed by atoms with van der Waals surface area (Å²) in [5, 5.41) is 0. The first-order valence-electron chi connectivity index (χ1n) is 3.64.